The smallest absolute Gasteiger partial charge is 0.123 e. The maximum Gasteiger partial charge on any atom is 0.123 e. The molecule has 0 spiro atoms. The first kappa shape index (κ1) is 10.5. The van der Waals surface area contributed by atoms with Crippen molar-refractivity contribution < 1.29 is 4.74 Å². The summed E-state index contributed by atoms with van der Waals surface area (Å²) in [5.74, 6) is 0.914. The molecule has 0 unspecified atom stereocenters. The Morgan fingerprint density at radius 3 is 2.62 bits per heavy atom. The normalized spacial score (nSPS) is 10.2. The van der Waals surface area contributed by atoms with Crippen LogP contribution in [0, 0.1) is 0 Å². The Balaban J connectivity index is 3.20. The fourth-order valence-electron chi connectivity index (χ4n) is 1.31. The molecule has 0 aromatic heterocycles. The molecular weight excluding hydrogens is 230 g/mol. The molecule has 2 nitrogen and oxygen atoms in total. The highest BCUT2D eigenvalue weighted by molar-refractivity contribution is 9.10. The summed E-state index contributed by atoms with van der Waals surface area (Å²) in [7, 11) is 1.68. The molecule has 0 fully saturated rings. The van der Waals surface area contributed by atoms with Crippen LogP contribution in [0.2, 0.25) is 0 Å². The summed E-state index contributed by atoms with van der Waals surface area (Å²) in [4.78, 5) is 0. The molecule has 0 radical (unpaired) electrons. The monoisotopic (exact) mass is 243 g/mol. The van der Waals surface area contributed by atoms with Gasteiger partial charge in [-0.1, -0.05) is 22.9 Å². The van der Waals surface area contributed by atoms with Crippen molar-refractivity contribution in [3.63, 3.8) is 0 Å². The Morgan fingerprint density at radius 1 is 1.46 bits per heavy atom. The van der Waals surface area contributed by atoms with Crippen LogP contribution in [0.15, 0.2) is 16.6 Å². The van der Waals surface area contributed by atoms with E-state index in [1.54, 1.807) is 7.11 Å². The molecule has 72 valence electrons. The van der Waals surface area contributed by atoms with Crippen molar-refractivity contribution in [2.75, 3.05) is 7.11 Å². The zero-order chi connectivity index (χ0) is 9.84. The Bertz CT molecular complexity index is 299. The van der Waals surface area contributed by atoms with Gasteiger partial charge in [-0.25, -0.2) is 0 Å². The van der Waals surface area contributed by atoms with Gasteiger partial charge in [0.1, 0.15) is 5.75 Å². The molecule has 0 saturated carbocycles. The molecule has 3 heteroatoms. The highest BCUT2D eigenvalue weighted by Gasteiger charge is 2.06. The molecule has 13 heavy (non-hydrogen) atoms. The minimum absolute atomic E-state index is 0.541. The van der Waals surface area contributed by atoms with Crippen LogP contribution in [0.25, 0.3) is 0 Å². The first-order chi connectivity index (χ1) is 6.22. The maximum atomic E-state index is 5.56. The standard InChI is InChI=1S/C10H14BrNO/c1-3-8-9(11)4-7(6-12)5-10(8)13-2/h4-5H,3,6,12H2,1-2H3. The van der Waals surface area contributed by atoms with E-state index in [-0.39, 0.29) is 0 Å². The molecule has 0 aliphatic rings. The van der Waals surface area contributed by atoms with Crippen LogP contribution in [0.1, 0.15) is 18.1 Å². The van der Waals surface area contributed by atoms with E-state index in [0.717, 1.165) is 22.2 Å². The fourth-order valence-corrected chi connectivity index (χ4v) is 2.08. The third-order valence-electron chi connectivity index (χ3n) is 2.02. The number of halogens is 1. The highest BCUT2D eigenvalue weighted by Crippen LogP contribution is 2.29. The average Bonchev–Trinajstić information content (AvgIpc) is 2.16. The van der Waals surface area contributed by atoms with Crippen LogP contribution in [-0.2, 0) is 13.0 Å². The van der Waals surface area contributed by atoms with E-state index in [1.165, 1.54) is 5.56 Å². The van der Waals surface area contributed by atoms with Crippen LogP contribution in [0.5, 0.6) is 5.75 Å². The first-order valence-corrected chi connectivity index (χ1v) is 5.07. The van der Waals surface area contributed by atoms with Crippen LogP contribution in [0.3, 0.4) is 0 Å². The van der Waals surface area contributed by atoms with Gasteiger partial charge >= 0.3 is 0 Å². The zero-order valence-corrected chi connectivity index (χ0v) is 9.52. The second-order valence-corrected chi connectivity index (χ2v) is 3.67. The van der Waals surface area contributed by atoms with Crippen molar-refractivity contribution in [3.8, 4) is 5.75 Å². The third-order valence-corrected chi connectivity index (χ3v) is 2.73. The van der Waals surface area contributed by atoms with Crippen LogP contribution in [0.4, 0.5) is 0 Å². The second kappa shape index (κ2) is 4.63. The quantitative estimate of drug-likeness (QED) is 0.886. The minimum Gasteiger partial charge on any atom is -0.496 e. The van der Waals surface area contributed by atoms with Gasteiger partial charge in [0.25, 0.3) is 0 Å². The van der Waals surface area contributed by atoms with Crippen molar-refractivity contribution in [2.45, 2.75) is 19.9 Å². The van der Waals surface area contributed by atoms with Crippen LogP contribution < -0.4 is 10.5 Å². The Labute approximate surface area is 87.2 Å². The zero-order valence-electron chi connectivity index (χ0n) is 7.93. The lowest BCUT2D eigenvalue weighted by Crippen LogP contribution is -1.99. The number of hydrogen-bond acceptors (Lipinski definition) is 2. The Morgan fingerprint density at radius 2 is 2.15 bits per heavy atom. The van der Waals surface area contributed by atoms with Crippen LogP contribution in [-0.4, -0.2) is 7.11 Å². The number of nitrogens with two attached hydrogens (primary N) is 1. The summed E-state index contributed by atoms with van der Waals surface area (Å²) in [6.45, 7) is 2.64. The molecule has 1 aromatic carbocycles. The van der Waals surface area contributed by atoms with Crippen molar-refractivity contribution in [3.05, 3.63) is 27.7 Å². The Hall–Kier alpha value is -0.540. The van der Waals surface area contributed by atoms with E-state index >= 15 is 0 Å². The molecule has 1 aromatic rings. The van der Waals surface area contributed by atoms with E-state index in [9.17, 15) is 0 Å². The van der Waals surface area contributed by atoms with Crippen molar-refractivity contribution in [1.29, 1.82) is 0 Å². The molecule has 2 N–H and O–H groups in total. The molecule has 0 bridgehead atoms. The lowest BCUT2D eigenvalue weighted by atomic mass is 10.1. The van der Waals surface area contributed by atoms with E-state index in [4.69, 9.17) is 10.5 Å². The SMILES string of the molecule is CCc1c(Br)cc(CN)cc1OC. The van der Waals surface area contributed by atoms with Gasteiger partial charge in [0.15, 0.2) is 0 Å². The number of rotatable bonds is 3. The molecule has 0 aliphatic heterocycles. The van der Waals surface area contributed by atoms with Gasteiger partial charge in [-0.15, -0.1) is 0 Å². The predicted octanol–water partition coefficient (Wildman–Crippen LogP) is 2.48. The lowest BCUT2D eigenvalue weighted by molar-refractivity contribution is 0.409. The van der Waals surface area contributed by atoms with Crippen molar-refractivity contribution in [1.82, 2.24) is 0 Å². The molecule has 0 aliphatic carbocycles. The summed E-state index contributed by atoms with van der Waals surface area (Å²) in [6, 6.07) is 4.03. The third kappa shape index (κ3) is 2.23. The molecule has 1 rings (SSSR count). The number of benzene rings is 1. The van der Waals surface area contributed by atoms with E-state index < -0.39 is 0 Å². The summed E-state index contributed by atoms with van der Waals surface area (Å²) in [5.41, 5.74) is 7.84. The highest BCUT2D eigenvalue weighted by atomic mass is 79.9. The lowest BCUT2D eigenvalue weighted by Gasteiger charge is -2.10. The number of hydrogen-bond donors (Lipinski definition) is 1. The topological polar surface area (TPSA) is 35.2 Å². The van der Waals surface area contributed by atoms with E-state index in [2.05, 4.69) is 22.9 Å². The summed E-state index contributed by atoms with van der Waals surface area (Å²) >= 11 is 3.50. The largest absolute Gasteiger partial charge is 0.496 e. The molecule has 0 atom stereocenters. The van der Waals surface area contributed by atoms with Gasteiger partial charge in [-0.05, 0) is 24.1 Å². The molecule has 0 heterocycles. The summed E-state index contributed by atoms with van der Waals surface area (Å²) in [6.07, 6.45) is 0.953. The van der Waals surface area contributed by atoms with Crippen molar-refractivity contribution in [2.24, 2.45) is 5.73 Å². The van der Waals surface area contributed by atoms with Gasteiger partial charge < -0.3 is 10.5 Å². The fraction of sp³-hybridized carbons (Fsp3) is 0.400. The first-order valence-electron chi connectivity index (χ1n) is 4.28. The summed E-state index contributed by atoms with van der Waals surface area (Å²) in [5, 5.41) is 0. The van der Waals surface area contributed by atoms with Gasteiger partial charge in [0, 0.05) is 16.6 Å². The minimum atomic E-state index is 0.541. The average molecular weight is 244 g/mol. The second-order valence-electron chi connectivity index (χ2n) is 2.82. The number of methoxy groups -OCH3 is 1. The summed E-state index contributed by atoms with van der Waals surface area (Å²) < 4.78 is 6.35. The van der Waals surface area contributed by atoms with E-state index in [1.807, 2.05) is 12.1 Å². The molecule has 0 amide bonds. The van der Waals surface area contributed by atoms with Gasteiger partial charge in [0.2, 0.25) is 0 Å². The van der Waals surface area contributed by atoms with Crippen molar-refractivity contribution >= 4 is 15.9 Å². The van der Waals surface area contributed by atoms with Gasteiger partial charge in [0.05, 0.1) is 7.11 Å². The predicted molar refractivity (Wildman–Crippen MR) is 58.0 cm³/mol. The maximum absolute atomic E-state index is 5.56. The van der Waals surface area contributed by atoms with E-state index in [0.29, 0.717) is 6.54 Å². The molecule has 0 saturated heterocycles. The number of ether oxygens (including phenoxy) is 1. The van der Waals surface area contributed by atoms with Crippen LogP contribution >= 0.6 is 15.9 Å². The van der Waals surface area contributed by atoms with Gasteiger partial charge in [-0.3, -0.25) is 0 Å². The Kier molecular flexibility index (Phi) is 3.75. The van der Waals surface area contributed by atoms with Gasteiger partial charge in [-0.2, -0.15) is 0 Å². The molecular formula is C10H14BrNO.